The summed E-state index contributed by atoms with van der Waals surface area (Å²) in [6, 6.07) is 19.3. The van der Waals surface area contributed by atoms with Gasteiger partial charge in [-0.2, -0.15) is 0 Å². The van der Waals surface area contributed by atoms with E-state index < -0.39 is 4.92 Å². The molecule has 0 bridgehead atoms. The zero-order valence-electron chi connectivity index (χ0n) is 16.6. The maximum absolute atomic E-state index is 12.3. The number of ether oxygens (including phenoxy) is 1. The molecule has 0 unspecified atom stereocenters. The third-order valence-electron chi connectivity index (χ3n) is 4.29. The summed E-state index contributed by atoms with van der Waals surface area (Å²) in [5.74, 6) is 0.0515. The maximum atomic E-state index is 12.3. The molecule has 31 heavy (non-hydrogen) atoms. The Bertz CT molecular complexity index is 1110. The molecular weight excluding hydrogens is 398 g/mol. The standard InChI is InChI=1S/C23H19N3O5/c1-31-21-13-9-19(10-14-21)25-23(28)17-5-7-18(8-6-17)24-22(27)15-4-16-2-11-20(12-3-16)26(29)30/h2-15H,1H3,(H,24,27)(H,25,28)/b15-4+. The predicted octanol–water partition coefficient (Wildman–Crippen LogP) is 4.51. The zero-order valence-corrected chi connectivity index (χ0v) is 16.6. The number of benzene rings is 3. The van der Waals surface area contributed by atoms with Crippen molar-refractivity contribution in [1.82, 2.24) is 0 Å². The second kappa shape index (κ2) is 9.84. The Balaban J connectivity index is 1.55. The minimum Gasteiger partial charge on any atom is -0.497 e. The van der Waals surface area contributed by atoms with Crippen LogP contribution < -0.4 is 15.4 Å². The summed E-state index contributed by atoms with van der Waals surface area (Å²) in [6.45, 7) is 0. The average Bonchev–Trinajstić information content (AvgIpc) is 2.79. The minimum absolute atomic E-state index is 0.0160. The lowest BCUT2D eigenvalue weighted by Gasteiger charge is -2.07. The van der Waals surface area contributed by atoms with E-state index in [1.807, 2.05) is 0 Å². The molecule has 2 amide bonds. The number of rotatable bonds is 7. The van der Waals surface area contributed by atoms with Crippen LogP contribution in [0.2, 0.25) is 0 Å². The van der Waals surface area contributed by atoms with Crippen molar-refractivity contribution in [2.45, 2.75) is 0 Å². The van der Waals surface area contributed by atoms with Gasteiger partial charge in [-0.25, -0.2) is 0 Å². The van der Waals surface area contributed by atoms with E-state index in [0.29, 0.717) is 28.3 Å². The summed E-state index contributed by atoms with van der Waals surface area (Å²) in [7, 11) is 1.57. The monoisotopic (exact) mass is 417 g/mol. The lowest BCUT2D eigenvalue weighted by Crippen LogP contribution is -2.12. The number of carbonyl (C=O) groups is 2. The first-order valence-corrected chi connectivity index (χ1v) is 9.23. The number of nitro groups is 1. The summed E-state index contributed by atoms with van der Waals surface area (Å²) < 4.78 is 5.08. The molecule has 0 aromatic heterocycles. The third kappa shape index (κ3) is 6.01. The predicted molar refractivity (Wildman–Crippen MR) is 118 cm³/mol. The molecule has 156 valence electrons. The van der Waals surface area contributed by atoms with Crippen LogP contribution in [0.1, 0.15) is 15.9 Å². The van der Waals surface area contributed by atoms with Gasteiger partial charge in [0.1, 0.15) is 5.75 Å². The van der Waals surface area contributed by atoms with Crippen LogP contribution in [0.3, 0.4) is 0 Å². The highest BCUT2D eigenvalue weighted by atomic mass is 16.6. The largest absolute Gasteiger partial charge is 0.497 e. The number of carbonyl (C=O) groups excluding carboxylic acids is 2. The summed E-state index contributed by atoms with van der Waals surface area (Å²) >= 11 is 0. The molecule has 2 N–H and O–H groups in total. The van der Waals surface area contributed by atoms with E-state index >= 15 is 0 Å². The van der Waals surface area contributed by atoms with Crippen molar-refractivity contribution >= 4 is 35.0 Å². The molecular formula is C23H19N3O5. The van der Waals surface area contributed by atoms with Crippen molar-refractivity contribution < 1.29 is 19.2 Å². The van der Waals surface area contributed by atoms with Gasteiger partial charge >= 0.3 is 0 Å². The van der Waals surface area contributed by atoms with Crippen molar-refractivity contribution in [3.63, 3.8) is 0 Å². The van der Waals surface area contributed by atoms with Gasteiger partial charge in [-0.3, -0.25) is 19.7 Å². The Hall–Kier alpha value is -4.46. The van der Waals surface area contributed by atoms with Crippen LogP contribution in [0.4, 0.5) is 17.1 Å². The van der Waals surface area contributed by atoms with Crippen LogP contribution in [0.15, 0.2) is 78.9 Å². The number of nitrogens with zero attached hydrogens (tertiary/aromatic N) is 1. The van der Waals surface area contributed by atoms with Gasteiger partial charge in [-0.15, -0.1) is 0 Å². The highest BCUT2D eigenvalue weighted by molar-refractivity contribution is 6.05. The van der Waals surface area contributed by atoms with Gasteiger partial charge < -0.3 is 15.4 Å². The van der Waals surface area contributed by atoms with Gasteiger partial charge in [0, 0.05) is 35.1 Å². The molecule has 0 aliphatic heterocycles. The summed E-state index contributed by atoms with van der Waals surface area (Å²) in [5, 5.41) is 16.1. The summed E-state index contributed by atoms with van der Waals surface area (Å²) in [5.41, 5.74) is 2.25. The Kier molecular flexibility index (Phi) is 6.74. The van der Waals surface area contributed by atoms with E-state index in [4.69, 9.17) is 4.74 Å². The molecule has 0 atom stereocenters. The van der Waals surface area contributed by atoms with E-state index in [0.717, 1.165) is 0 Å². The molecule has 8 nitrogen and oxygen atoms in total. The Morgan fingerprint density at radius 2 is 1.45 bits per heavy atom. The number of non-ortho nitro benzene ring substituents is 1. The van der Waals surface area contributed by atoms with Crippen LogP contribution >= 0.6 is 0 Å². The molecule has 0 saturated heterocycles. The molecule has 0 saturated carbocycles. The van der Waals surface area contributed by atoms with E-state index in [-0.39, 0.29) is 17.5 Å². The number of hydrogen-bond donors (Lipinski definition) is 2. The molecule has 0 radical (unpaired) electrons. The molecule has 3 rings (SSSR count). The molecule has 0 heterocycles. The van der Waals surface area contributed by atoms with Crippen LogP contribution in [0.5, 0.6) is 5.75 Å². The number of hydrogen-bond acceptors (Lipinski definition) is 5. The Labute approximate surface area is 178 Å². The number of methoxy groups -OCH3 is 1. The Morgan fingerprint density at radius 1 is 0.871 bits per heavy atom. The smallest absolute Gasteiger partial charge is 0.269 e. The van der Waals surface area contributed by atoms with Gasteiger partial charge in [0.2, 0.25) is 5.91 Å². The molecule has 0 aliphatic carbocycles. The minimum atomic E-state index is -0.485. The van der Waals surface area contributed by atoms with E-state index in [9.17, 15) is 19.7 Å². The van der Waals surface area contributed by atoms with E-state index in [2.05, 4.69) is 10.6 Å². The highest BCUT2D eigenvalue weighted by Crippen LogP contribution is 2.17. The molecule has 3 aromatic rings. The molecule has 0 aliphatic rings. The van der Waals surface area contributed by atoms with Gasteiger partial charge in [-0.05, 0) is 72.3 Å². The van der Waals surface area contributed by atoms with Gasteiger partial charge in [0.25, 0.3) is 11.6 Å². The van der Waals surface area contributed by atoms with Gasteiger partial charge in [0.15, 0.2) is 0 Å². The fourth-order valence-electron chi connectivity index (χ4n) is 2.65. The lowest BCUT2D eigenvalue weighted by atomic mass is 10.1. The SMILES string of the molecule is COc1ccc(NC(=O)c2ccc(NC(=O)/C=C/c3ccc([N+](=O)[O-])cc3)cc2)cc1. The van der Waals surface area contributed by atoms with Crippen LogP contribution in [0.25, 0.3) is 6.08 Å². The highest BCUT2D eigenvalue weighted by Gasteiger charge is 2.07. The van der Waals surface area contributed by atoms with Crippen molar-refractivity contribution in [3.05, 3.63) is 100 Å². The molecule has 0 fully saturated rings. The maximum Gasteiger partial charge on any atom is 0.269 e. The van der Waals surface area contributed by atoms with Gasteiger partial charge in [-0.1, -0.05) is 0 Å². The number of nitro benzene ring substituents is 1. The molecule has 8 heteroatoms. The van der Waals surface area contributed by atoms with Gasteiger partial charge in [0.05, 0.1) is 12.0 Å². The van der Waals surface area contributed by atoms with Crippen LogP contribution in [0, 0.1) is 10.1 Å². The van der Waals surface area contributed by atoms with Crippen molar-refractivity contribution in [2.75, 3.05) is 17.7 Å². The molecule has 3 aromatic carbocycles. The quantitative estimate of drug-likeness (QED) is 0.334. The third-order valence-corrected chi connectivity index (χ3v) is 4.29. The first kappa shape index (κ1) is 21.3. The summed E-state index contributed by atoms with van der Waals surface area (Å²) in [4.78, 5) is 34.6. The van der Waals surface area contributed by atoms with E-state index in [1.54, 1.807) is 73.8 Å². The lowest BCUT2D eigenvalue weighted by molar-refractivity contribution is -0.384. The fourth-order valence-corrected chi connectivity index (χ4v) is 2.65. The van der Waals surface area contributed by atoms with Crippen molar-refractivity contribution in [1.29, 1.82) is 0 Å². The topological polar surface area (TPSA) is 111 Å². The Morgan fingerprint density at radius 3 is 2.03 bits per heavy atom. The first-order chi connectivity index (χ1) is 14.9. The van der Waals surface area contributed by atoms with Crippen molar-refractivity contribution in [2.24, 2.45) is 0 Å². The zero-order chi connectivity index (χ0) is 22.2. The fraction of sp³-hybridized carbons (Fsp3) is 0.0435. The summed E-state index contributed by atoms with van der Waals surface area (Å²) in [6.07, 6.45) is 2.88. The number of anilines is 2. The number of nitrogens with one attached hydrogen (secondary N) is 2. The first-order valence-electron chi connectivity index (χ1n) is 9.23. The van der Waals surface area contributed by atoms with Crippen molar-refractivity contribution in [3.8, 4) is 5.75 Å². The average molecular weight is 417 g/mol. The van der Waals surface area contributed by atoms with Crippen LogP contribution in [-0.4, -0.2) is 23.8 Å². The molecule has 0 spiro atoms. The van der Waals surface area contributed by atoms with E-state index in [1.165, 1.54) is 18.2 Å². The second-order valence-electron chi connectivity index (χ2n) is 6.43. The van der Waals surface area contributed by atoms with Crippen LogP contribution in [-0.2, 0) is 4.79 Å². The number of amides is 2. The second-order valence-corrected chi connectivity index (χ2v) is 6.43. The normalized spacial score (nSPS) is 10.5.